The quantitative estimate of drug-likeness (QED) is 0.610. The van der Waals surface area contributed by atoms with Crippen LogP contribution in [0, 0.1) is 0 Å². The molecular formula is C12H22O5. The standard InChI is InChI=1S/C12H22O5/c1-5-6-12(14)16-7-9(2)15-8-10(3)17-11(4)13/h9-10H,5-8H2,1-4H3. The first-order valence-electron chi connectivity index (χ1n) is 5.90. The van der Waals surface area contributed by atoms with Gasteiger partial charge in [0.15, 0.2) is 0 Å². The summed E-state index contributed by atoms with van der Waals surface area (Å²) >= 11 is 0. The normalized spacial score (nSPS) is 13.9. The first kappa shape index (κ1) is 15.9. The van der Waals surface area contributed by atoms with Crippen LogP contribution in [-0.4, -0.2) is 37.4 Å². The number of esters is 2. The van der Waals surface area contributed by atoms with Crippen LogP contribution in [0.15, 0.2) is 0 Å². The molecule has 0 aliphatic rings. The third-order valence-electron chi connectivity index (χ3n) is 1.92. The van der Waals surface area contributed by atoms with E-state index in [0.717, 1.165) is 6.42 Å². The summed E-state index contributed by atoms with van der Waals surface area (Å²) in [5, 5.41) is 0. The SMILES string of the molecule is CCCC(=O)OCC(C)OCC(C)OC(C)=O. The highest BCUT2D eigenvalue weighted by atomic mass is 16.6. The minimum Gasteiger partial charge on any atom is -0.463 e. The van der Waals surface area contributed by atoms with E-state index in [0.29, 0.717) is 13.0 Å². The molecule has 5 nitrogen and oxygen atoms in total. The van der Waals surface area contributed by atoms with E-state index in [1.165, 1.54) is 6.92 Å². The Balaban J connectivity index is 3.61. The molecule has 5 heteroatoms. The van der Waals surface area contributed by atoms with Gasteiger partial charge in [-0.15, -0.1) is 0 Å². The van der Waals surface area contributed by atoms with Crippen molar-refractivity contribution in [2.24, 2.45) is 0 Å². The number of rotatable bonds is 8. The fraction of sp³-hybridized carbons (Fsp3) is 0.833. The summed E-state index contributed by atoms with van der Waals surface area (Å²) in [5.74, 6) is -0.542. The van der Waals surface area contributed by atoms with Crippen molar-refractivity contribution in [2.75, 3.05) is 13.2 Å². The molecule has 0 aromatic carbocycles. The molecule has 0 heterocycles. The van der Waals surface area contributed by atoms with Gasteiger partial charge in [-0.25, -0.2) is 0 Å². The Morgan fingerprint density at radius 2 is 1.76 bits per heavy atom. The lowest BCUT2D eigenvalue weighted by Gasteiger charge is -2.17. The van der Waals surface area contributed by atoms with Gasteiger partial charge < -0.3 is 14.2 Å². The summed E-state index contributed by atoms with van der Waals surface area (Å²) in [7, 11) is 0. The molecule has 0 amide bonds. The summed E-state index contributed by atoms with van der Waals surface area (Å²) in [6.07, 6.45) is 0.712. The van der Waals surface area contributed by atoms with Crippen LogP contribution in [0.1, 0.15) is 40.5 Å². The lowest BCUT2D eigenvalue weighted by Crippen LogP contribution is -2.25. The number of hydrogen-bond donors (Lipinski definition) is 0. The monoisotopic (exact) mass is 246 g/mol. The maximum Gasteiger partial charge on any atom is 0.305 e. The third-order valence-corrected chi connectivity index (χ3v) is 1.92. The third kappa shape index (κ3) is 9.81. The van der Waals surface area contributed by atoms with Gasteiger partial charge in [0.1, 0.15) is 12.7 Å². The summed E-state index contributed by atoms with van der Waals surface area (Å²) in [6.45, 7) is 7.35. The Bertz CT molecular complexity index is 239. The summed E-state index contributed by atoms with van der Waals surface area (Å²) in [5.41, 5.74) is 0. The lowest BCUT2D eigenvalue weighted by molar-refractivity contribution is -0.152. The molecule has 0 N–H and O–H groups in total. The van der Waals surface area contributed by atoms with Crippen molar-refractivity contribution >= 4 is 11.9 Å². The average Bonchev–Trinajstić information content (AvgIpc) is 2.23. The molecule has 0 fully saturated rings. The first-order valence-corrected chi connectivity index (χ1v) is 5.90. The molecule has 0 rings (SSSR count). The molecule has 2 atom stereocenters. The smallest absolute Gasteiger partial charge is 0.305 e. The van der Waals surface area contributed by atoms with E-state index in [1.807, 2.05) is 6.92 Å². The number of hydrogen-bond acceptors (Lipinski definition) is 5. The second-order valence-electron chi connectivity index (χ2n) is 4.00. The van der Waals surface area contributed by atoms with Crippen LogP contribution in [0.2, 0.25) is 0 Å². The van der Waals surface area contributed by atoms with Crippen molar-refractivity contribution in [2.45, 2.75) is 52.7 Å². The van der Waals surface area contributed by atoms with Crippen LogP contribution in [0.5, 0.6) is 0 Å². The van der Waals surface area contributed by atoms with Crippen LogP contribution in [0.3, 0.4) is 0 Å². The van der Waals surface area contributed by atoms with Gasteiger partial charge in [0.05, 0.1) is 12.7 Å². The highest BCUT2D eigenvalue weighted by molar-refractivity contribution is 5.69. The molecule has 0 bridgehead atoms. The lowest BCUT2D eigenvalue weighted by atomic mass is 10.3. The molecule has 0 aromatic rings. The van der Waals surface area contributed by atoms with E-state index in [-0.39, 0.29) is 30.8 Å². The van der Waals surface area contributed by atoms with E-state index in [9.17, 15) is 9.59 Å². The van der Waals surface area contributed by atoms with Gasteiger partial charge in [0.2, 0.25) is 0 Å². The van der Waals surface area contributed by atoms with Gasteiger partial charge in [0.25, 0.3) is 0 Å². The molecule has 0 saturated carbocycles. The molecule has 0 aromatic heterocycles. The number of ether oxygens (including phenoxy) is 3. The van der Waals surface area contributed by atoms with Crippen LogP contribution in [0.25, 0.3) is 0 Å². The molecular weight excluding hydrogens is 224 g/mol. The zero-order chi connectivity index (χ0) is 13.3. The fourth-order valence-corrected chi connectivity index (χ4v) is 1.15. The molecule has 0 radical (unpaired) electrons. The minimum atomic E-state index is -0.330. The molecule has 0 aliphatic heterocycles. The maximum absolute atomic E-state index is 11.1. The zero-order valence-electron chi connectivity index (χ0n) is 11.0. The topological polar surface area (TPSA) is 61.8 Å². The van der Waals surface area contributed by atoms with Gasteiger partial charge >= 0.3 is 11.9 Å². The van der Waals surface area contributed by atoms with Crippen molar-refractivity contribution in [1.29, 1.82) is 0 Å². The Kier molecular flexibility index (Phi) is 8.40. The van der Waals surface area contributed by atoms with Crippen molar-refractivity contribution in [3.8, 4) is 0 Å². The second-order valence-corrected chi connectivity index (χ2v) is 4.00. The average molecular weight is 246 g/mol. The zero-order valence-corrected chi connectivity index (χ0v) is 11.0. The van der Waals surface area contributed by atoms with E-state index >= 15 is 0 Å². The van der Waals surface area contributed by atoms with Crippen molar-refractivity contribution < 1.29 is 23.8 Å². The fourth-order valence-electron chi connectivity index (χ4n) is 1.15. The summed E-state index contributed by atoms with van der Waals surface area (Å²) in [6, 6.07) is 0. The van der Waals surface area contributed by atoms with E-state index < -0.39 is 0 Å². The van der Waals surface area contributed by atoms with Crippen molar-refractivity contribution in [3.05, 3.63) is 0 Å². The highest BCUT2D eigenvalue weighted by Crippen LogP contribution is 1.99. The van der Waals surface area contributed by atoms with E-state index in [4.69, 9.17) is 14.2 Å². The first-order chi connectivity index (χ1) is 7.95. The molecule has 0 saturated heterocycles. The van der Waals surface area contributed by atoms with Gasteiger partial charge in [-0.05, 0) is 20.3 Å². The van der Waals surface area contributed by atoms with Crippen LogP contribution in [-0.2, 0) is 23.8 Å². The predicted octanol–water partition coefficient (Wildman–Crippen LogP) is 1.69. The molecule has 17 heavy (non-hydrogen) atoms. The Labute approximate surface area is 102 Å². The second kappa shape index (κ2) is 8.98. The highest BCUT2D eigenvalue weighted by Gasteiger charge is 2.10. The number of carbonyl (C=O) groups excluding carboxylic acids is 2. The summed E-state index contributed by atoms with van der Waals surface area (Å²) in [4.78, 5) is 21.7. The molecule has 2 unspecified atom stereocenters. The predicted molar refractivity (Wildman–Crippen MR) is 62.5 cm³/mol. The largest absolute Gasteiger partial charge is 0.463 e. The van der Waals surface area contributed by atoms with Crippen LogP contribution in [0.4, 0.5) is 0 Å². The summed E-state index contributed by atoms with van der Waals surface area (Å²) < 4.78 is 15.3. The Morgan fingerprint density at radius 3 is 2.29 bits per heavy atom. The van der Waals surface area contributed by atoms with Crippen molar-refractivity contribution in [1.82, 2.24) is 0 Å². The van der Waals surface area contributed by atoms with Gasteiger partial charge in [-0.1, -0.05) is 6.92 Å². The minimum absolute atomic E-state index is 0.200. The Hall–Kier alpha value is -1.10. The van der Waals surface area contributed by atoms with E-state index in [2.05, 4.69) is 0 Å². The van der Waals surface area contributed by atoms with E-state index in [1.54, 1.807) is 13.8 Å². The van der Waals surface area contributed by atoms with Crippen LogP contribution < -0.4 is 0 Å². The van der Waals surface area contributed by atoms with Gasteiger partial charge in [-0.2, -0.15) is 0 Å². The Morgan fingerprint density at radius 1 is 1.12 bits per heavy atom. The van der Waals surface area contributed by atoms with Crippen molar-refractivity contribution in [3.63, 3.8) is 0 Å². The molecule has 100 valence electrons. The maximum atomic E-state index is 11.1. The van der Waals surface area contributed by atoms with Gasteiger partial charge in [-0.3, -0.25) is 9.59 Å². The number of carbonyl (C=O) groups is 2. The van der Waals surface area contributed by atoms with Gasteiger partial charge in [0, 0.05) is 13.3 Å². The van der Waals surface area contributed by atoms with Crippen LogP contribution >= 0.6 is 0 Å². The molecule has 0 aliphatic carbocycles. The molecule has 0 spiro atoms.